The predicted octanol–water partition coefficient (Wildman–Crippen LogP) is 3.16. The van der Waals surface area contributed by atoms with Crippen LogP contribution in [0, 0.1) is 0 Å². The number of ether oxygens (including phenoxy) is 6. The van der Waals surface area contributed by atoms with Crippen LogP contribution in [0.15, 0.2) is 23.8 Å². The molecule has 6 unspecified atom stereocenters. The fourth-order valence-corrected chi connectivity index (χ4v) is 11.7. The number of carbonyl (C=O) groups is 2. The number of carbonyl (C=O) groups excluding carboxylic acids is 2. The highest BCUT2D eigenvalue weighted by Gasteiger charge is 2.55. The van der Waals surface area contributed by atoms with E-state index in [9.17, 15) is 28.6 Å². The number of alkyl halides is 1. The molecule has 0 aliphatic carbocycles. The number of nitrogens with zero attached hydrogens (tertiary/aromatic N) is 7. The van der Waals surface area contributed by atoms with Gasteiger partial charge in [-0.3, -0.25) is 37.0 Å². The molecule has 2 bridgehead atoms. The van der Waals surface area contributed by atoms with Gasteiger partial charge in [0.25, 0.3) is 5.56 Å². The van der Waals surface area contributed by atoms with Crippen molar-refractivity contribution in [3.63, 3.8) is 0 Å². The van der Waals surface area contributed by atoms with Crippen LogP contribution in [0.3, 0.4) is 0 Å². The largest absolute Gasteiger partial charge is 0.509 e. The van der Waals surface area contributed by atoms with Crippen molar-refractivity contribution in [1.82, 2.24) is 39.0 Å². The van der Waals surface area contributed by atoms with E-state index in [0.29, 0.717) is 22.8 Å². The maximum atomic E-state index is 16.8. The molecule has 3 saturated heterocycles. The number of anilines is 2. The summed E-state index contributed by atoms with van der Waals surface area (Å²) in [6.07, 6.45) is -13.8. The predicted molar refractivity (Wildman–Crippen MR) is 208 cm³/mol. The van der Waals surface area contributed by atoms with Gasteiger partial charge in [-0.05, 0) is 27.7 Å². The number of imidazole rings is 2. The van der Waals surface area contributed by atoms with Gasteiger partial charge in [0.05, 0.1) is 38.1 Å². The Bertz CT molecular complexity index is 2410. The van der Waals surface area contributed by atoms with Gasteiger partial charge >= 0.3 is 25.9 Å². The zero-order chi connectivity index (χ0) is 43.8. The number of rotatable bonds is 10. The number of hydrogen-bond donors (Lipinski definition) is 4. The third-order valence-corrected chi connectivity index (χ3v) is 15.4. The van der Waals surface area contributed by atoms with E-state index in [0.717, 1.165) is 17.2 Å². The van der Waals surface area contributed by atoms with E-state index < -0.39 is 118 Å². The van der Waals surface area contributed by atoms with Gasteiger partial charge in [0.1, 0.15) is 42.4 Å². The first-order valence-corrected chi connectivity index (χ1v) is 24.3. The van der Waals surface area contributed by atoms with Crippen molar-refractivity contribution < 1.29 is 74.7 Å². The fraction of sp³-hybridized carbons (Fsp3) is 0.600. The summed E-state index contributed by atoms with van der Waals surface area (Å²) in [7, 11) is 0. The molecular formula is C30H39FN10O16P2S2. The summed E-state index contributed by atoms with van der Waals surface area (Å²) in [6, 6.07) is 0. The number of aliphatic hydroxyl groups is 1. The van der Waals surface area contributed by atoms with E-state index >= 15 is 4.39 Å². The summed E-state index contributed by atoms with van der Waals surface area (Å²) in [5.41, 5.74) is 10.8. The van der Waals surface area contributed by atoms with E-state index in [4.69, 9.17) is 58.0 Å². The van der Waals surface area contributed by atoms with Crippen LogP contribution in [0.2, 0.25) is 0 Å². The number of aromatic amines is 1. The molecule has 0 spiro atoms. The lowest BCUT2D eigenvalue weighted by molar-refractivity contribution is -0.0569. The normalized spacial score (nSPS) is 30.8. The number of fused-ring (bicyclic) bond motifs is 5. The molecule has 7 rings (SSSR count). The Hall–Kier alpha value is -4.15. The van der Waals surface area contributed by atoms with Crippen molar-refractivity contribution in [2.75, 3.05) is 36.6 Å². The Kier molecular flexibility index (Phi) is 13.5. The van der Waals surface area contributed by atoms with Gasteiger partial charge in [0.15, 0.2) is 53.1 Å². The Morgan fingerprint density at radius 3 is 2.05 bits per heavy atom. The molecule has 334 valence electrons. The smallest absolute Gasteiger partial charge is 0.432 e. The lowest BCUT2D eigenvalue weighted by Gasteiger charge is -2.28. The Balaban J connectivity index is 1.26. The van der Waals surface area contributed by atoms with Crippen molar-refractivity contribution >= 4 is 82.8 Å². The highest BCUT2D eigenvalue weighted by atomic mass is 32.7. The zero-order valence-corrected chi connectivity index (χ0v) is 35.7. The van der Waals surface area contributed by atoms with E-state index in [1.807, 2.05) is 0 Å². The highest BCUT2D eigenvalue weighted by molar-refractivity contribution is 8.55. The molecule has 0 saturated carbocycles. The van der Waals surface area contributed by atoms with E-state index in [1.165, 1.54) is 10.9 Å². The van der Waals surface area contributed by atoms with Crippen molar-refractivity contribution in [1.29, 1.82) is 0 Å². The summed E-state index contributed by atoms with van der Waals surface area (Å²) in [5, 5.41) is 11.7. The van der Waals surface area contributed by atoms with Crippen LogP contribution in [0.25, 0.3) is 22.3 Å². The minimum Gasteiger partial charge on any atom is -0.432 e. The van der Waals surface area contributed by atoms with Crippen LogP contribution in [-0.4, -0.2) is 130 Å². The number of hydrogen-bond acceptors (Lipinski definition) is 25. The number of aliphatic hydroxyl groups excluding tert-OH is 1. The summed E-state index contributed by atoms with van der Waals surface area (Å²) in [4.78, 5) is 59.8. The molecule has 61 heavy (non-hydrogen) atoms. The topological polar surface area (TPSA) is 340 Å². The van der Waals surface area contributed by atoms with Crippen molar-refractivity contribution in [3.8, 4) is 0 Å². The van der Waals surface area contributed by atoms with Crippen LogP contribution in [0.1, 0.15) is 40.2 Å². The van der Waals surface area contributed by atoms with Crippen molar-refractivity contribution in [3.05, 3.63) is 29.3 Å². The molecule has 0 aromatic carbocycles. The fourth-order valence-electron chi connectivity index (χ4n) is 6.11. The molecular weight excluding hydrogens is 901 g/mol. The molecule has 3 fully saturated rings. The molecule has 3 aliphatic heterocycles. The molecule has 3 aliphatic rings. The van der Waals surface area contributed by atoms with Gasteiger partial charge < -0.3 is 45.0 Å². The maximum absolute atomic E-state index is 16.8. The standard InChI is InChI=1S/C30H39FN10O16P2S2/c1-12(2)52-29(44)48-10-60-58(46)50-5-14-19(42)21(27(54-14)41-9-37-18-24(41)38-28(33)39-25(18)43)57-59(47,61-11-49-30(45)53-13(3)4)51-6-15-20(56-58)16(31)26(55-15)40-8-36-17-22(32)34-7-35-23(17)40/h7-9,12-16,19-21,26-27,42H,5-6,10-11H2,1-4H3,(H2,32,34,35)(H3,33,38,39,43)/t14-,15-,16?,19?,20?,21?,26-,27-,58?,59?/m1/s1. The number of halogens is 1. The summed E-state index contributed by atoms with van der Waals surface area (Å²) in [6.45, 7) is -4.82. The van der Waals surface area contributed by atoms with E-state index in [2.05, 4.69) is 29.9 Å². The number of nitrogens with two attached hydrogens (primary N) is 2. The molecule has 4 aromatic rings. The molecule has 7 heterocycles. The second-order valence-electron chi connectivity index (χ2n) is 13.7. The summed E-state index contributed by atoms with van der Waals surface area (Å²) >= 11 is 0.650. The minimum absolute atomic E-state index is 0.0220. The molecule has 4 aromatic heterocycles. The Morgan fingerprint density at radius 1 is 0.869 bits per heavy atom. The number of aromatic nitrogens is 8. The van der Waals surface area contributed by atoms with Gasteiger partial charge in [-0.25, -0.2) is 43.0 Å². The van der Waals surface area contributed by atoms with Crippen LogP contribution in [0.5, 0.6) is 0 Å². The molecule has 10 atom stereocenters. The first-order chi connectivity index (χ1) is 28.9. The maximum Gasteiger partial charge on any atom is 0.509 e. The lowest BCUT2D eigenvalue weighted by atomic mass is 10.1. The molecule has 0 radical (unpaired) electrons. The van der Waals surface area contributed by atoms with Crippen molar-refractivity contribution in [2.45, 2.75) is 89.1 Å². The second kappa shape index (κ2) is 18.3. The molecule has 6 N–H and O–H groups in total. The number of H-pyrrole nitrogens is 1. The average molecular weight is 941 g/mol. The van der Waals surface area contributed by atoms with Gasteiger partial charge in [0.2, 0.25) is 5.95 Å². The molecule has 31 heteroatoms. The van der Waals surface area contributed by atoms with E-state index in [1.54, 1.807) is 27.7 Å². The number of nitrogens with one attached hydrogen (secondary N) is 1. The second-order valence-corrected chi connectivity index (χ2v) is 21.6. The lowest BCUT2D eigenvalue weighted by Crippen LogP contribution is -2.35. The van der Waals surface area contributed by atoms with Gasteiger partial charge in [-0.2, -0.15) is 4.98 Å². The van der Waals surface area contributed by atoms with Crippen LogP contribution in [0.4, 0.5) is 25.7 Å². The Labute approximate surface area is 350 Å². The SMILES string of the molecule is CC(C)OC(=O)OCSP1(=O)OC[C@H]2O[C@@H](n3cnc4c(N)ncnc43)C(F)C2OP(=O)(SCOC(=O)OC(C)C)OC[C@H]2O[C@@H](n3cnc4c(=O)[nH]c(N)nc43)C(O1)C2O. The van der Waals surface area contributed by atoms with Gasteiger partial charge in [0, 0.05) is 22.8 Å². The van der Waals surface area contributed by atoms with Crippen LogP contribution >= 0.6 is 36.4 Å². The summed E-state index contributed by atoms with van der Waals surface area (Å²) in [5.74, 6) is -1.72. The first kappa shape index (κ1) is 44.9. The zero-order valence-electron chi connectivity index (χ0n) is 32.3. The first-order valence-electron chi connectivity index (χ1n) is 18.0. The van der Waals surface area contributed by atoms with Gasteiger partial charge in [-0.15, -0.1) is 0 Å². The third kappa shape index (κ3) is 9.91. The molecule has 26 nitrogen and oxygen atoms in total. The summed E-state index contributed by atoms with van der Waals surface area (Å²) < 4.78 is 104. The monoisotopic (exact) mass is 940 g/mol. The number of nitrogen functional groups attached to an aromatic ring is 2. The third-order valence-electron chi connectivity index (χ3n) is 8.70. The quantitative estimate of drug-likeness (QED) is 0.101. The van der Waals surface area contributed by atoms with Crippen LogP contribution < -0.4 is 17.0 Å². The van der Waals surface area contributed by atoms with E-state index in [-0.39, 0.29) is 34.1 Å². The minimum atomic E-state index is -4.74. The van der Waals surface area contributed by atoms with Crippen molar-refractivity contribution in [2.24, 2.45) is 0 Å². The molecule has 0 amide bonds. The van der Waals surface area contributed by atoms with Gasteiger partial charge in [-0.1, -0.05) is 0 Å². The van der Waals surface area contributed by atoms with Crippen LogP contribution in [-0.2, 0) is 55.6 Å². The highest BCUT2D eigenvalue weighted by Crippen LogP contribution is 2.66. The average Bonchev–Trinajstić information content (AvgIpc) is 3.94. The Morgan fingerprint density at radius 2 is 1.43 bits per heavy atom.